The van der Waals surface area contributed by atoms with Crippen LogP contribution in [-0.4, -0.2) is 6.10 Å². The van der Waals surface area contributed by atoms with Gasteiger partial charge in [0.15, 0.2) is 0 Å². The van der Waals surface area contributed by atoms with Crippen molar-refractivity contribution in [3.05, 3.63) is 29.8 Å². The lowest BCUT2D eigenvalue weighted by Gasteiger charge is -2.34. The van der Waals surface area contributed by atoms with E-state index in [1.54, 1.807) is 0 Å². The number of benzene rings is 1. The summed E-state index contributed by atoms with van der Waals surface area (Å²) in [6, 6.07) is 7.95. The predicted octanol–water partition coefficient (Wildman–Crippen LogP) is 3.75. The van der Waals surface area contributed by atoms with Gasteiger partial charge in [-0.05, 0) is 48.8 Å². The lowest BCUT2D eigenvalue weighted by Crippen LogP contribution is -2.26. The molecule has 0 aromatic heterocycles. The molecular weight excluding hydrogens is 210 g/mol. The number of rotatable bonds is 3. The average molecular weight is 233 g/mol. The van der Waals surface area contributed by atoms with Crippen molar-refractivity contribution in [1.82, 2.24) is 0 Å². The molecule has 1 aliphatic rings. The summed E-state index contributed by atoms with van der Waals surface area (Å²) in [5.41, 5.74) is 8.19. The van der Waals surface area contributed by atoms with E-state index in [-0.39, 0.29) is 0 Å². The lowest BCUT2D eigenvalue weighted by molar-refractivity contribution is -0.00558. The fourth-order valence-corrected chi connectivity index (χ4v) is 2.37. The Morgan fingerprint density at radius 2 is 1.76 bits per heavy atom. The maximum Gasteiger partial charge on any atom is 0.0720 e. The zero-order chi connectivity index (χ0) is 12.3. The number of hydrogen-bond acceptors (Lipinski definition) is 2. The van der Waals surface area contributed by atoms with Crippen molar-refractivity contribution in [2.24, 2.45) is 5.41 Å². The highest BCUT2D eigenvalue weighted by molar-refractivity contribution is 5.39. The van der Waals surface area contributed by atoms with Crippen molar-refractivity contribution < 1.29 is 4.74 Å². The monoisotopic (exact) mass is 233 g/mol. The molecule has 2 heteroatoms. The molecule has 0 saturated heterocycles. The molecule has 0 atom stereocenters. The largest absolute Gasteiger partial charge is 0.399 e. The standard InChI is InChI=1S/C15H23NO/c1-15(2)9-7-14(8-10-15)17-11-12-3-5-13(16)6-4-12/h3-6,14H,7-11,16H2,1-2H3. The summed E-state index contributed by atoms with van der Waals surface area (Å²) in [6.45, 7) is 5.41. The van der Waals surface area contributed by atoms with E-state index < -0.39 is 0 Å². The first-order valence-corrected chi connectivity index (χ1v) is 6.51. The van der Waals surface area contributed by atoms with Gasteiger partial charge in [0.2, 0.25) is 0 Å². The van der Waals surface area contributed by atoms with E-state index in [0.717, 1.165) is 5.69 Å². The number of anilines is 1. The molecule has 1 aliphatic carbocycles. The Kier molecular flexibility index (Phi) is 3.72. The molecule has 0 amide bonds. The van der Waals surface area contributed by atoms with Gasteiger partial charge >= 0.3 is 0 Å². The molecule has 2 rings (SSSR count). The Balaban J connectivity index is 1.78. The van der Waals surface area contributed by atoms with E-state index in [1.165, 1.54) is 31.2 Å². The van der Waals surface area contributed by atoms with Gasteiger partial charge in [-0.3, -0.25) is 0 Å². The first-order valence-electron chi connectivity index (χ1n) is 6.51. The van der Waals surface area contributed by atoms with Gasteiger partial charge in [-0.25, -0.2) is 0 Å². The zero-order valence-corrected chi connectivity index (χ0v) is 10.9. The molecule has 1 fully saturated rings. The van der Waals surface area contributed by atoms with E-state index in [2.05, 4.69) is 13.8 Å². The van der Waals surface area contributed by atoms with Crippen molar-refractivity contribution in [2.75, 3.05) is 5.73 Å². The summed E-state index contributed by atoms with van der Waals surface area (Å²) in [5.74, 6) is 0. The lowest BCUT2D eigenvalue weighted by atomic mass is 9.76. The van der Waals surface area contributed by atoms with Crippen molar-refractivity contribution in [3.63, 3.8) is 0 Å². The van der Waals surface area contributed by atoms with Crippen LogP contribution in [0.25, 0.3) is 0 Å². The molecule has 0 unspecified atom stereocenters. The van der Waals surface area contributed by atoms with Gasteiger partial charge in [0.25, 0.3) is 0 Å². The van der Waals surface area contributed by atoms with E-state index in [9.17, 15) is 0 Å². The van der Waals surface area contributed by atoms with Crippen molar-refractivity contribution in [3.8, 4) is 0 Å². The van der Waals surface area contributed by atoms with Gasteiger partial charge in [-0.15, -0.1) is 0 Å². The Labute approximate surface area is 104 Å². The molecular formula is C15H23NO. The minimum Gasteiger partial charge on any atom is -0.399 e. The molecule has 0 heterocycles. The molecule has 2 nitrogen and oxygen atoms in total. The second-order valence-electron chi connectivity index (χ2n) is 5.92. The number of hydrogen-bond donors (Lipinski definition) is 1. The van der Waals surface area contributed by atoms with Crippen LogP contribution in [0.15, 0.2) is 24.3 Å². The second kappa shape index (κ2) is 5.09. The van der Waals surface area contributed by atoms with Crippen LogP contribution in [0.5, 0.6) is 0 Å². The minimum atomic E-state index is 0.445. The van der Waals surface area contributed by atoms with Gasteiger partial charge in [0.05, 0.1) is 12.7 Å². The van der Waals surface area contributed by atoms with Crippen molar-refractivity contribution in [1.29, 1.82) is 0 Å². The molecule has 0 radical (unpaired) electrons. The SMILES string of the molecule is CC1(C)CCC(OCc2ccc(N)cc2)CC1. The van der Waals surface area contributed by atoms with Gasteiger partial charge in [-0.2, -0.15) is 0 Å². The van der Waals surface area contributed by atoms with Crippen molar-refractivity contribution in [2.45, 2.75) is 52.2 Å². The van der Waals surface area contributed by atoms with E-state index in [0.29, 0.717) is 18.1 Å². The summed E-state index contributed by atoms with van der Waals surface area (Å²) in [7, 11) is 0. The number of nitrogen functional groups attached to an aromatic ring is 1. The highest BCUT2D eigenvalue weighted by atomic mass is 16.5. The molecule has 1 aromatic carbocycles. The third-order valence-electron chi connectivity index (χ3n) is 3.75. The summed E-state index contributed by atoms with van der Waals surface area (Å²) in [6.07, 6.45) is 5.39. The fourth-order valence-electron chi connectivity index (χ4n) is 2.37. The highest BCUT2D eigenvalue weighted by Gasteiger charge is 2.26. The van der Waals surface area contributed by atoms with Crippen molar-refractivity contribution >= 4 is 5.69 Å². The van der Waals surface area contributed by atoms with Crippen LogP contribution in [0, 0.1) is 5.41 Å². The molecule has 1 aromatic rings. The predicted molar refractivity (Wildman–Crippen MR) is 71.7 cm³/mol. The molecule has 1 saturated carbocycles. The molecule has 17 heavy (non-hydrogen) atoms. The van der Waals surface area contributed by atoms with Gasteiger partial charge in [0.1, 0.15) is 0 Å². The van der Waals surface area contributed by atoms with Crippen LogP contribution < -0.4 is 5.73 Å². The van der Waals surface area contributed by atoms with Crippen LogP contribution >= 0.6 is 0 Å². The third-order valence-corrected chi connectivity index (χ3v) is 3.75. The molecule has 0 bridgehead atoms. The summed E-state index contributed by atoms with van der Waals surface area (Å²) in [4.78, 5) is 0. The normalized spacial score (nSPS) is 20.4. The average Bonchev–Trinajstić information content (AvgIpc) is 2.30. The van der Waals surface area contributed by atoms with E-state index in [4.69, 9.17) is 10.5 Å². The number of ether oxygens (including phenoxy) is 1. The molecule has 94 valence electrons. The van der Waals surface area contributed by atoms with Gasteiger partial charge < -0.3 is 10.5 Å². The maximum absolute atomic E-state index is 5.96. The summed E-state index contributed by atoms with van der Waals surface area (Å²) >= 11 is 0. The Morgan fingerprint density at radius 1 is 1.18 bits per heavy atom. The number of nitrogens with two attached hydrogens (primary N) is 1. The van der Waals surface area contributed by atoms with Gasteiger partial charge in [0, 0.05) is 5.69 Å². The van der Waals surface area contributed by atoms with E-state index in [1.807, 2.05) is 24.3 Å². The third kappa shape index (κ3) is 3.74. The summed E-state index contributed by atoms with van der Waals surface area (Å²) in [5, 5.41) is 0. The zero-order valence-electron chi connectivity index (χ0n) is 10.9. The highest BCUT2D eigenvalue weighted by Crippen LogP contribution is 2.36. The smallest absolute Gasteiger partial charge is 0.0720 e. The Morgan fingerprint density at radius 3 is 2.35 bits per heavy atom. The maximum atomic E-state index is 5.96. The van der Waals surface area contributed by atoms with Crippen LogP contribution in [0.4, 0.5) is 5.69 Å². The molecule has 0 aliphatic heterocycles. The second-order valence-corrected chi connectivity index (χ2v) is 5.92. The molecule has 2 N–H and O–H groups in total. The van der Waals surface area contributed by atoms with Crippen LogP contribution in [-0.2, 0) is 11.3 Å². The van der Waals surface area contributed by atoms with Crippen LogP contribution in [0.2, 0.25) is 0 Å². The summed E-state index contributed by atoms with van der Waals surface area (Å²) < 4.78 is 5.96. The first-order chi connectivity index (χ1) is 8.05. The van der Waals surface area contributed by atoms with E-state index >= 15 is 0 Å². The quantitative estimate of drug-likeness (QED) is 0.807. The Hall–Kier alpha value is -1.02. The Bertz CT molecular complexity index is 346. The molecule has 0 spiro atoms. The van der Waals surface area contributed by atoms with Crippen LogP contribution in [0.1, 0.15) is 45.1 Å². The fraction of sp³-hybridized carbons (Fsp3) is 0.600. The topological polar surface area (TPSA) is 35.2 Å². The van der Waals surface area contributed by atoms with Gasteiger partial charge in [-0.1, -0.05) is 26.0 Å². The van der Waals surface area contributed by atoms with Crippen LogP contribution in [0.3, 0.4) is 0 Å². The minimum absolute atomic E-state index is 0.445. The first kappa shape index (κ1) is 12.4.